The first kappa shape index (κ1) is 13.0. The number of hydrogen-bond acceptors (Lipinski definition) is 1. The van der Waals surface area contributed by atoms with E-state index in [1.165, 1.54) is 6.20 Å². The van der Waals surface area contributed by atoms with Gasteiger partial charge in [0.25, 0.3) is 0 Å². The Morgan fingerprint density at radius 3 is 2.56 bits per heavy atom. The molecule has 0 atom stereocenters. The molecule has 2 aromatic rings. The molecule has 0 amide bonds. The summed E-state index contributed by atoms with van der Waals surface area (Å²) in [5, 5.41) is 9.07. The van der Waals surface area contributed by atoms with Gasteiger partial charge in [0.1, 0.15) is 17.3 Å². The number of rotatable bonds is 2. The van der Waals surface area contributed by atoms with Crippen LogP contribution in [0, 0.1) is 11.6 Å². The lowest BCUT2D eigenvalue weighted by molar-refractivity contribution is 0.0688. The molecule has 1 aromatic carbocycles. The summed E-state index contributed by atoms with van der Waals surface area (Å²) in [6.07, 6.45) is 1.21. The van der Waals surface area contributed by atoms with Crippen molar-refractivity contribution in [3.8, 4) is 5.69 Å². The van der Waals surface area contributed by atoms with Gasteiger partial charge in [-0.2, -0.15) is 0 Å². The first-order valence-electron chi connectivity index (χ1n) is 4.66. The molecule has 0 unspecified atom stereocenters. The summed E-state index contributed by atoms with van der Waals surface area (Å²) in [6, 6.07) is 2.97. The number of carboxylic acid groups (broad SMARTS) is 1. The second-order valence-electron chi connectivity index (χ2n) is 3.44. The van der Waals surface area contributed by atoms with Crippen molar-refractivity contribution in [2.24, 2.45) is 0 Å². The summed E-state index contributed by atoms with van der Waals surface area (Å²) in [5.74, 6) is -2.75. The number of carbonyl (C=O) groups is 1. The molecular formula is C11H5BrClF2NO2. The number of hydrogen-bond donors (Lipinski definition) is 1. The predicted molar refractivity (Wildman–Crippen MR) is 65.4 cm³/mol. The third kappa shape index (κ3) is 2.26. The van der Waals surface area contributed by atoms with Gasteiger partial charge in [0.2, 0.25) is 0 Å². The van der Waals surface area contributed by atoms with Gasteiger partial charge in [-0.3, -0.25) is 0 Å². The Labute approximate surface area is 114 Å². The van der Waals surface area contributed by atoms with Crippen LogP contribution in [-0.2, 0) is 0 Å². The molecule has 18 heavy (non-hydrogen) atoms. The van der Waals surface area contributed by atoms with Crippen molar-refractivity contribution in [2.45, 2.75) is 0 Å². The topological polar surface area (TPSA) is 42.2 Å². The Morgan fingerprint density at radius 2 is 1.94 bits per heavy atom. The van der Waals surface area contributed by atoms with E-state index < -0.39 is 17.6 Å². The molecule has 0 bridgehead atoms. The zero-order valence-corrected chi connectivity index (χ0v) is 11.0. The van der Waals surface area contributed by atoms with Crippen LogP contribution in [0.25, 0.3) is 5.69 Å². The zero-order chi connectivity index (χ0) is 13.4. The predicted octanol–water partition coefficient (Wildman–Crippen LogP) is 3.87. The lowest BCUT2D eigenvalue weighted by Gasteiger charge is -2.08. The fourth-order valence-corrected chi connectivity index (χ4v) is 2.01. The minimum absolute atomic E-state index is 0.0427. The van der Waals surface area contributed by atoms with Gasteiger partial charge in [0, 0.05) is 12.3 Å². The van der Waals surface area contributed by atoms with Crippen LogP contribution in [0.1, 0.15) is 10.5 Å². The maximum absolute atomic E-state index is 13.7. The Hall–Kier alpha value is -1.40. The van der Waals surface area contributed by atoms with Gasteiger partial charge < -0.3 is 9.67 Å². The van der Waals surface area contributed by atoms with Crippen molar-refractivity contribution in [3.63, 3.8) is 0 Å². The molecular weight excluding hydrogens is 331 g/mol. The fraction of sp³-hybridized carbons (Fsp3) is 0. The van der Waals surface area contributed by atoms with E-state index in [-0.39, 0.29) is 20.9 Å². The number of aromatic nitrogens is 1. The molecule has 0 spiro atoms. The summed E-state index contributed by atoms with van der Waals surface area (Å²) in [5.41, 5.74) is -0.472. The van der Waals surface area contributed by atoms with Crippen LogP contribution >= 0.6 is 27.5 Å². The van der Waals surface area contributed by atoms with E-state index >= 15 is 0 Å². The summed E-state index contributed by atoms with van der Waals surface area (Å²) in [4.78, 5) is 11.0. The van der Waals surface area contributed by atoms with Crippen LogP contribution in [0.15, 0.2) is 28.9 Å². The average Bonchev–Trinajstić information content (AvgIpc) is 2.65. The summed E-state index contributed by atoms with van der Waals surface area (Å²) < 4.78 is 28.0. The monoisotopic (exact) mass is 335 g/mol. The molecule has 0 radical (unpaired) electrons. The highest BCUT2D eigenvalue weighted by atomic mass is 79.9. The second-order valence-corrected chi connectivity index (χ2v) is 4.73. The Kier molecular flexibility index (Phi) is 3.41. The molecule has 0 aliphatic carbocycles. The van der Waals surface area contributed by atoms with Crippen LogP contribution in [0.2, 0.25) is 5.02 Å². The first-order chi connectivity index (χ1) is 8.40. The number of benzene rings is 1. The minimum Gasteiger partial charge on any atom is -0.477 e. The smallest absolute Gasteiger partial charge is 0.352 e. The fourth-order valence-electron chi connectivity index (χ4n) is 1.49. The van der Waals surface area contributed by atoms with Crippen LogP contribution in [0.5, 0.6) is 0 Å². The molecule has 3 nitrogen and oxygen atoms in total. The molecule has 1 N–H and O–H groups in total. The molecule has 94 valence electrons. The van der Waals surface area contributed by atoms with E-state index in [0.717, 1.165) is 22.8 Å². The van der Waals surface area contributed by atoms with Crippen molar-refractivity contribution in [1.29, 1.82) is 0 Å². The Morgan fingerprint density at radius 1 is 1.28 bits per heavy atom. The van der Waals surface area contributed by atoms with Crippen molar-refractivity contribution in [3.05, 3.63) is 51.2 Å². The highest BCUT2D eigenvalue weighted by molar-refractivity contribution is 9.10. The molecule has 0 saturated carbocycles. The van der Waals surface area contributed by atoms with Crippen LogP contribution in [-0.4, -0.2) is 15.6 Å². The highest BCUT2D eigenvalue weighted by Crippen LogP contribution is 2.26. The van der Waals surface area contributed by atoms with E-state index in [4.69, 9.17) is 16.7 Å². The molecule has 1 aromatic heterocycles. The molecule has 0 fully saturated rings. The van der Waals surface area contributed by atoms with Crippen molar-refractivity contribution >= 4 is 33.5 Å². The largest absolute Gasteiger partial charge is 0.477 e. The molecule has 7 heteroatoms. The average molecular weight is 337 g/mol. The molecule has 1 heterocycles. The third-order valence-electron chi connectivity index (χ3n) is 2.25. The van der Waals surface area contributed by atoms with Crippen LogP contribution in [0.3, 0.4) is 0 Å². The van der Waals surface area contributed by atoms with E-state index in [1.807, 2.05) is 0 Å². The van der Waals surface area contributed by atoms with Crippen molar-refractivity contribution in [1.82, 2.24) is 4.57 Å². The van der Waals surface area contributed by atoms with Crippen LogP contribution < -0.4 is 0 Å². The highest BCUT2D eigenvalue weighted by Gasteiger charge is 2.17. The van der Waals surface area contributed by atoms with Crippen molar-refractivity contribution in [2.75, 3.05) is 0 Å². The van der Waals surface area contributed by atoms with E-state index in [0.29, 0.717) is 0 Å². The zero-order valence-electron chi connectivity index (χ0n) is 8.62. The number of aromatic carboxylic acids is 1. The summed E-state index contributed by atoms with van der Waals surface area (Å²) in [7, 11) is 0. The van der Waals surface area contributed by atoms with E-state index in [9.17, 15) is 13.6 Å². The number of carboxylic acids is 1. The van der Waals surface area contributed by atoms with Gasteiger partial charge >= 0.3 is 5.97 Å². The van der Waals surface area contributed by atoms with Gasteiger partial charge in [-0.05, 0) is 28.1 Å². The van der Waals surface area contributed by atoms with Crippen molar-refractivity contribution < 1.29 is 18.7 Å². The van der Waals surface area contributed by atoms with E-state index in [2.05, 4.69) is 15.9 Å². The van der Waals surface area contributed by atoms with Crippen LogP contribution in [0.4, 0.5) is 8.78 Å². The quantitative estimate of drug-likeness (QED) is 0.846. The van der Waals surface area contributed by atoms with E-state index in [1.54, 1.807) is 0 Å². The molecule has 2 rings (SSSR count). The second kappa shape index (κ2) is 4.70. The molecule has 0 aliphatic heterocycles. The normalized spacial score (nSPS) is 10.7. The van der Waals surface area contributed by atoms with Gasteiger partial charge in [-0.1, -0.05) is 11.6 Å². The van der Waals surface area contributed by atoms with Gasteiger partial charge in [0.15, 0.2) is 0 Å². The Balaban J connectivity index is 2.69. The maximum Gasteiger partial charge on any atom is 0.352 e. The summed E-state index contributed by atoms with van der Waals surface area (Å²) >= 11 is 8.51. The third-order valence-corrected chi connectivity index (χ3v) is 3.07. The molecule has 0 saturated heterocycles. The summed E-state index contributed by atoms with van der Waals surface area (Å²) in [6.45, 7) is 0. The number of halogens is 4. The Bertz CT molecular complexity index is 642. The first-order valence-corrected chi connectivity index (χ1v) is 5.83. The lowest BCUT2D eigenvalue weighted by Crippen LogP contribution is -2.07. The lowest BCUT2D eigenvalue weighted by atomic mass is 10.3. The maximum atomic E-state index is 13.7. The van der Waals surface area contributed by atoms with Gasteiger partial charge in [-0.15, -0.1) is 0 Å². The molecule has 0 aliphatic rings. The van der Waals surface area contributed by atoms with Gasteiger partial charge in [-0.25, -0.2) is 13.6 Å². The standard InChI is InChI=1S/C11H5BrClF2NO2/c12-6-2-8(15)9(3-7(6)14)16-4-5(13)1-10(16)11(17)18/h1-4H,(H,17,18). The van der Waals surface area contributed by atoms with Gasteiger partial charge in [0.05, 0.1) is 15.2 Å². The minimum atomic E-state index is -1.29. The number of nitrogens with zero attached hydrogens (tertiary/aromatic N) is 1. The SMILES string of the molecule is O=C(O)c1cc(Cl)cn1-c1cc(F)c(Br)cc1F.